The van der Waals surface area contributed by atoms with Crippen molar-refractivity contribution in [2.75, 3.05) is 11.9 Å². The molecule has 21 heavy (non-hydrogen) atoms. The third-order valence-electron chi connectivity index (χ3n) is 2.44. The van der Waals surface area contributed by atoms with Crippen LogP contribution in [-0.4, -0.2) is 26.4 Å². The molecule has 2 aromatic rings. The number of hydrogen-bond donors (Lipinski definition) is 1. The number of anilines is 1. The lowest BCUT2D eigenvalue weighted by atomic mass is 10.2. The Morgan fingerprint density at radius 2 is 2.14 bits per heavy atom. The number of halogens is 1. The highest BCUT2D eigenvalue weighted by Gasteiger charge is 2.17. The summed E-state index contributed by atoms with van der Waals surface area (Å²) in [6, 6.07) is 4.40. The maximum absolute atomic E-state index is 11.0. The van der Waals surface area contributed by atoms with E-state index < -0.39 is 4.92 Å². The lowest BCUT2D eigenvalue weighted by Crippen LogP contribution is -2.05. The third-order valence-corrected chi connectivity index (χ3v) is 2.60. The van der Waals surface area contributed by atoms with E-state index in [1.54, 1.807) is 13.0 Å². The van der Waals surface area contributed by atoms with Crippen molar-refractivity contribution in [2.45, 2.75) is 13.8 Å². The number of benzene rings is 1. The minimum atomic E-state index is -0.539. The summed E-state index contributed by atoms with van der Waals surface area (Å²) in [5.41, 5.74) is 0.629. The van der Waals surface area contributed by atoms with Crippen molar-refractivity contribution >= 4 is 23.2 Å². The first-order valence-electron chi connectivity index (χ1n) is 6.08. The SMILES string of the molecule is CCNc1nc(Cl)nc(Oc2cc(C)ccc2[N+](=O)[O-])n1. The zero-order valence-electron chi connectivity index (χ0n) is 11.3. The molecule has 0 aliphatic rings. The van der Waals surface area contributed by atoms with Crippen molar-refractivity contribution in [1.82, 2.24) is 15.0 Å². The summed E-state index contributed by atoms with van der Waals surface area (Å²) in [6.07, 6.45) is 0. The average molecular weight is 310 g/mol. The number of rotatable bonds is 5. The molecular formula is C12H12ClN5O3. The van der Waals surface area contributed by atoms with Crippen LogP contribution in [0.3, 0.4) is 0 Å². The Morgan fingerprint density at radius 3 is 2.81 bits per heavy atom. The van der Waals surface area contributed by atoms with Crippen LogP contribution < -0.4 is 10.1 Å². The van der Waals surface area contributed by atoms with Gasteiger partial charge in [-0.05, 0) is 37.1 Å². The summed E-state index contributed by atoms with van der Waals surface area (Å²) in [5, 5.41) is 13.8. The molecule has 0 aliphatic carbocycles. The van der Waals surface area contributed by atoms with E-state index in [-0.39, 0.29) is 28.7 Å². The number of nitro benzene ring substituents is 1. The predicted octanol–water partition coefficient (Wildman–Crippen LogP) is 2.97. The molecule has 1 aromatic heterocycles. The molecule has 2 rings (SSSR count). The second-order valence-electron chi connectivity index (χ2n) is 4.07. The molecule has 1 heterocycles. The average Bonchev–Trinajstić information content (AvgIpc) is 2.38. The second kappa shape index (κ2) is 6.31. The first kappa shape index (κ1) is 14.9. The van der Waals surface area contributed by atoms with Gasteiger partial charge in [-0.1, -0.05) is 6.07 Å². The molecule has 9 heteroatoms. The van der Waals surface area contributed by atoms with Crippen molar-refractivity contribution in [2.24, 2.45) is 0 Å². The lowest BCUT2D eigenvalue weighted by molar-refractivity contribution is -0.385. The Labute approximate surface area is 125 Å². The topological polar surface area (TPSA) is 103 Å². The van der Waals surface area contributed by atoms with Crippen LogP contribution in [0.5, 0.6) is 11.8 Å². The van der Waals surface area contributed by atoms with Crippen LogP contribution >= 0.6 is 11.6 Å². The van der Waals surface area contributed by atoms with Crippen LogP contribution in [-0.2, 0) is 0 Å². The van der Waals surface area contributed by atoms with Crippen LogP contribution in [0.1, 0.15) is 12.5 Å². The fourth-order valence-electron chi connectivity index (χ4n) is 1.57. The maximum atomic E-state index is 11.0. The number of nitrogens with one attached hydrogen (secondary N) is 1. The van der Waals surface area contributed by atoms with E-state index >= 15 is 0 Å². The van der Waals surface area contributed by atoms with Gasteiger partial charge in [0.05, 0.1) is 4.92 Å². The molecule has 0 aliphatic heterocycles. The summed E-state index contributed by atoms with van der Waals surface area (Å²) in [4.78, 5) is 22.1. The van der Waals surface area contributed by atoms with Gasteiger partial charge < -0.3 is 10.1 Å². The molecule has 0 saturated carbocycles. The van der Waals surface area contributed by atoms with Crippen molar-refractivity contribution in [3.63, 3.8) is 0 Å². The molecule has 0 unspecified atom stereocenters. The van der Waals surface area contributed by atoms with E-state index in [1.165, 1.54) is 12.1 Å². The molecule has 8 nitrogen and oxygen atoms in total. The largest absolute Gasteiger partial charge is 0.417 e. The molecule has 1 N–H and O–H groups in total. The van der Waals surface area contributed by atoms with Crippen molar-refractivity contribution in [1.29, 1.82) is 0 Å². The first-order chi connectivity index (χ1) is 9.99. The molecule has 110 valence electrons. The third kappa shape index (κ3) is 3.76. The van der Waals surface area contributed by atoms with E-state index in [2.05, 4.69) is 20.3 Å². The van der Waals surface area contributed by atoms with E-state index in [0.29, 0.717) is 6.54 Å². The molecular weight excluding hydrogens is 298 g/mol. The van der Waals surface area contributed by atoms with Crippen LogP contribution in [0.15, 0.2) is 18.2 Å². The Morgan fingerprint density at radius 1 is 1.38 bits per heavy atom. The Hall–Kier alpha value is -2.48. The summed E-state index contributed by atoms with van der Waals surface area (Å²) in [6.45, 7) is 4.25. The Balaban J connectivity index is 2.37. The molecule has 0 saturated heterocycles. The van der Waals surface area contributed by atoms with Gasteiger partial charge >= 0.3 is 11.7 Å². The van der Waals surface area contributed by atoms with Gasteiger partial charge in [0, 0.05) is 12.6 Å². The monoisotopic (exact) mass is 309 g/mol. The van der Waals surface area contributed by atoms with Gasteiger partial charge in [0.25, 0.3) is 0 Å². The van der Waals surface area contributed by atoms with Gasteiger partial charge in [0.1, 0.15) is 0 Å². The highest BCUT2D eigenvalue weighted by molar-refractivity contribution is 6.28. The minimum absolute atomic E-state index is 0.0460. The molecule has 0 fully saturated rings. The number of aromatic nitrogens is 3. The van der Waals surface area contributed by atoms with Crippen LogP contribution in [0.2, 0.25) is 5.28 Å². The van der Waals surface area contributed by atoms with E-state index in [4.69, 9.17) is 16.3 Å². The van der Waals surface area contributed by atoms with Gasteiger partial charge in [0.2, 0.25) is 17.0 Å². The van der Waals surface area contributed by atoms with Gasteiger partial charge in [-0.25, -0.2) is 0 Å². The Bertz CT molecular complexity index is 680. The molecule has 0 spiro atoms. The highest BCUT2D eigenvalue weighted by atomic mass is 35.5. The molecule has 0 atom stereocenters. The van der Waals surface area contributed by atoms with Crippen molar-refractivity contribution in [3.05, 3.63) is 39.2 Å². The quantitative estimate of drug-likeness (QED) is 0.668. The number of nitro groups is 1. The van der Waals surface area contributed by atoms with E-state index in [9.17, 15) is 10.1 Å². The Kier molecular flexibility index (Phi) is 4.49. The number of ether oxygens (including phenoxy) is 1. The van der Waals surface area contributed by atoms with Crippen molar-refractivity contribution in [3.8, 4) is 11.8 Å². The molecule has 0 amide bonds. The van der Waals surface area contributed by atoms with E-state index in [0.717, 1.165) is 5.56 Å². The van der Waals surface area contributed by atoms with Gasteiger partial charge in [-0.15, -0.1) is 0 Å². The maximum Gasteiger partial charge on any atom is 0.328 e. The van der Waals surface area contributed by atoms with E-state index in [1.807, 2.05) is 6.92 Å². The van der Waals surface area contributed by atoms with Crippen LogP contribution in [0, 0.1) is 17.0 Å². The smallest absolute Gasteiger partial charge is 0.328 e. The van der Waals surface area contributed by atoms with Gasteiger partial charge in [0.15, 0.2) is 0 Å². The number of aryl methyl sites for hydroxylation is 1. The molecule has 0 radical (unpaired) electrons. The lowest BCUT2D eigenvalue weighted by Gasteiger charge is -2.07. The summed E-state index contributed by atoms with van der Waals surface area (Å²) < 4.78 is 5.39. The highest BCUT2D eigenvalue weighted by Crippen LogP contribution is 2.31. The molecule has 0 bridgehead atoms. The standard InChI is InChI=1S/C12H12ClN5O3/c1-3-14-11-15-10(13)16-12(17-11)21-9-6-7(2)4-5-8(9)18(19)20/h4-6H,3H2,1-2H3,(H,14,15,16,17). The predicted molar refractivity (Wildman–Crippen MR) is 76.9 cm³/mol. The first-order valence-corrected chi connectivity index (χ1v) is 6.45. The van der Waals surface area contributed by atoms with Gasteiger partial charge in [-0.2, -0.15) is 15.0 Å². The fourth-order valence-corrected chi connectivity index (χ4v) is 1.72. The zero-order valence-corrected chi connectivity index (χ0v) is 12.1. The number of nitrogens with zero attached hydrogens (tertiary/aromatic N) is 4. The second-order valence-corrected chi connectivity index (χ2v) is 4.41. The summed E-state index contributed by atoms with van der Waals surface area (Å²) in [7, 11) is 0. The van der Waals surface area contributed by atoms with Crippen LogP contribution in [0.25, 0.3) is 0 Å². The fraction of sp³-hybridized carbons (Fsp3) is 0.250. The van der Waals surface area contributed by atoms with Crippen LogP contribution in [0.4, 0.5) is 11.6 Å². The summed E-state index contributed by atoms with van der Waals surface area (Å²) >= 11 is 5.77. The number of hydrogen-bond acceptors (Lipinski definition) is 7. The summed E-state index contributed by atoms with van der Waals surface area (Å²) in [5.74, 6) is 0.285. The normalized spacial score (nSPS) is 10.2. The molecule has 1 aromatic carbocycles. The van der Waals surface area contributed by atoms with Gasteiger partial charge in [-0.3, -0.25) is 10.1 Å². The zero-order chi connectivity index (χ0) is 15.4. The minimum Gasteiger partial charge on any atom is -0.417 e. The van der Waals surface area contributed by atoms with Crippen molar-refractivity contribution < 1.29 is 9.66 Å².